The van der Waals surface area contributed by atoms with Gasteiger partial charge in [-0.15, -0.1) is 0 Å². The van der Waals surface area contributed by atoms with E-state index in [0.717, 1.165) is 5.57 Å². The first-order valence-electron chi connectivity index (χ1n) is 8.29. The summed E-state index contributed by atoms with van der Waals surface area (Å²) in [6, 6.07) is 3.17. The SMILES string of the molecule is COC(=O)C1C=C(c2ccc(F)c(CF)c2)CCN1C(=O)OC(C)(C)C. The molecule has 26 heavy (non-hydrogen) atoms. The number of benzene rings is 1. The van der Waals surface area contributed by atoms with Gasteiger partial charge in [-0.05, 0) is 56.5 Å². The average molecular weight is 367 g/mol. The van der Waals surface area contributed by atoms with E-state index in [0.29, 0.717) is 12.0 Å². The van der Waals surface area contributed by atoms with Crippen molar-refractivity contribution in [2.45, 2.75) is 45.5 Å². The molecule has 0 N–H and O–H groups in total. The highest BCUT2D eigenvalue weighted by Crippen LogP contribution is 2.28. The van der Waals surface area contributed by atoms with E-state index in [1.807, 2.05) is 0 Å². The molecule has 142 valence electrons. The Hall–Kier alpha value is -2.44. The third-order valence-corrected chi connectivity index (χ3v) is 3.95. The quantitative estimate of drug-likeness (QED) is 0.761. The first-order valence-corrected chi connectivity index (χ1v) is 8.29. The number of amides is 1. The van der Waals surface area contributed by atoms with E-state index in [1.54, 1.807) is 26.8 Å². The standard InChI is InChI=1S/C19H23F2NO4/c1-19(2,3)26-18(24)22-8-7-13(10-16(22)17(23)25-4)12-5-6-15(21)14(9-12)11-20/h5-6,9-10,16H,7-8,11H2,1-4H3. The first-order chi connectivity index (χ1) is 12.2. The summed E-state index contributed by atoms with van der Waals surface area (Å²) < 4.78 is 36.6. The second-order valence-corrected chi connectivity index (χ2v) is 7.02. The van der Waals surface area contributed by atoms with Crippen LogP contribution in [0.15, 0.2) is 24.3 Å². The number of carbonyl (C=O) groups excluding carboxylic acids is 2. The normalized spacial score (nSPS) is 17.5. The molecule has 7 heteroatoms. The highest BCUT2D eigenvalue weighted by atomic mass is 19.1. The molecule has 1 heterocycles. The molecule has 1 aromatic rings. The third-order valence-electron chi connectivity index (χ3n) is 3.95. The van der Waals surface area contributed by atoms with Crippen molar-refractivity contribution in [1.82, 2.24) is 4.90 Å². The minimum atomic E-state index is -0.961. The molecule has 0 fully saturated rings. The molecule has 1 aliphatic rings. The van der Waals surface area contributed by atoms with Crippen LogP contribution in [-0.4, -0.2) is 42.3 Å². The zero-order chi connectivity index (χ0) is 19.5. The molecule has 0 radical (unpaired) electrons. The molecular formula is C19H23F2NO4. The van der Waals surface area contributed by atoms with Gasteiger partial charge in [0.2, 0.25) is 0 Å². The largest absolute Gasteiger partial charge is 0.467 e. The van der Waals surface area contributed by atoms with Crippen LogP contribution >= 0.6 is 0 Å². The van der Waals surface area contributed by atoms with Crippen molar-refractivity contribution in [3.8, 4) is 0 Å². The summed E-state index contributed by atoms with van der Waals surface area (Å²) in [6.07, 6.45) is 1.38. The second kappa shape index (κ2) is 7.85. The first kappa shape index (κ1) is 19.9. The Bertz CT molecular complexity index is 725. The summed E-state index contributed by atoms with van der Waals surface area (Å²) in [5.41, 5.74) is 0.577. The Balaban J connectivity index is 2.34. The summed E-state index contributed by atoms with van der Waals surface area (Å²) in [7, 11) is 1.23. The van der Waals surface area contributed by atoms with E-state index < -0.39 is 36.2 Å². The third kappa shape index (κ3) is 4.59. The van der Waals surface area contributed by atoms with Gasteiger partial charge in [0, 0.05) is 12.1 Å². The fraction of sp³-hybridized carbons (Fsp3) is 0.474. The van der Waals surface area contributed by atoms with Gasteiger partial charge < -0.3 is 9.47 Å². The number of carbonyl (C=O) groups is 2. The van der Waals surface area contributed by atoms with Crippen molar-refractivity contribution in [3.63, 3.8) is 0 Å². The maximum absolute atomic E-state index is 13.5. The molecule has 0 bridgehead atoms. The monoisotopic (exact) mass is 367 g/mol. The molecular weight excluding hydrogens is 344 g/mol. The Morgan fingerprint density at radius 3 is 2.58 bits per heavy atom. The topological polar surface area (TPSA) is 55.8 Å². The molecule has 0 aliphatic carbocycles. The van der Waals surface area contributed by atoms with E-state index in [4.69, 9.17) is 9.47 Å². The van der Waals surface area contributed by atoms with E-state index in [9.17, 15) is 18.4 Å². The van der Waals surface area contributed by atoms with Crippen molar-refractivity contribution >= 4 is 17.6 Å². The number of ether oxygens (including phenoxy) is 2. The fourth-order valence-corrected chi connectivity index (χ4v) is 2.70. The Labute approximate surface area is 151 Å². The van der Waals surface area contributed by atoms with Crippen molar-refractivity contribution in [2.75, 3.05) is 13.7 Å². The van der Waals surface area contributed by atoms with E-state index in [-0.39, 0.29) is 12.1 Å². The Morgan fingerprint density at radius 2 is 2.00 bits per heavy atom. The van der Waals surface area contributed by atoms with Gasteiger partial charge in [0.15, 0.2) is 6.04 Å². The van der Waals surface area contributed by atoms with Crippen molar-refractivity contribution in [1.29, 1.82) is 0 Å². The lowest BCUT2D eigenvalue weighted by Crippen LogP contribution is -2.49. The van der Waals surface area contributed by atoms with Gasteiger partial charge in [-0.1, -0.05) is 6.07 Å². The van der Waals surface area contributed by atoms with Crippen LogP contribution < -0.4 is 0 Å². The van der Waals surface area contributed by atoms with Crippen LogP contribution in [0.3, 0.4) is 0 Å². The predicted molar refractivity (Wildman–Crippen MR) is 92.6 cm³/mol. The lowest BCUT2D eigenvalue weighted by Gasteiger charge is -2.34. The molecule has 0 saturated heterocycles. The van der Waals surface area contributed by atoms with Crippen LogP contribution in [0.25, 0.3) is 5.57 Å². The van der Waals surface area contributed by atoms with Crippen molar-refractivity contribution < 1.29 is 27.8 Å². The van der Waals surface area contributed by atoms with Crippen LogP contribution in [0.2, 0.25) is 0 Å². The van der Waals surface area contributed by atoms with Gasteiger partial charge in [-0.3, -0.25) is 4.90 Å². The van der Waals surface area contributed by atoms with Gasteiger partial charge in [-0.25, -0.2) is 18.4 Å². The molecule has 1 aromatic carbocycles. The highest BCUT2D eigenvalue weighted by molar-refractivity contribution is 5.87. The number of esters is 1. The van der Waals surface area contributed by atoms with Crippen LogP contribution in [0.5, 0.6) is 0 Å². The Kier molecular flexibility index (Phi) is 6.00. The molecule has 5 nitrogen and oxygen atoms in total. The zero-order valence-electron chi connectivity index (χ0n) is 15.3. The minimum Gasteiger partial charge on any atom is -0.467 e. The number of halogens is 2. The summed E-state index contributed by atoms with van der Waals surface area (Å²) in [5.74, 6) is -1.23. The number of alkyl halides is 1. The maximum atomic E-state index is 13.5. The van der Waals surface area contributed by atoms with Gasteiger partial charge in [0.1, 0.15) is 18.1 Å². The summed E-state index contributed by atoms with van der Waals surface area (Å²) >= 11 is 0. The minimum absolute atomic E-state index is 0.0485. The zero-order valence-corrected chi connectivity index (χ0v) is 15.3. The van der Waals surface area contributed by atoms with Crippen LogP contribution in [-0.2, 0) is 20.9 Å². The fourth-order valence-electron chi connectivity index (χ4n) is 2.70. The number of rotatable bonds is 3. The summed E-state index contributed by atoms with van der Waals surface area (Å²) in [6.45, 7) is 4.51. The van der Waals surface area contributed by atoms with E-state index in [1.165, 1.54) is 30.2 Å². The lowest BCUT2D eigenvalue weighted by molar-refractivity contribution is -0.145. The van der Waals surface area contributed by atoms with E-state index >= 15 is 0 Å². The maximum Gasteiger partial charge on any atom is 0.411 e. The molecule has 1 atom stereocenters. The summed E-state index contributed by atoms with van der Waals surface area (Å²) in [4.78, 5) is 25.9. The molecule has 2 rings (SSSR count). The van der Waals surface area contributed by atoms with Crippen molar-refractivity contribution in [3.05, 3.63) is 41.2 Å². The molecule has 0 saturated carbocycles. The van der Waals surface area contributed by atoms with Gasteiger partial charge in [0.25, 0.3) is 0 Å². The van der Waals surface area contributed by atoms with Crippen LogP contribution in [0, 0.1) is 5.82 Å². The lowest BCUT2D eigenvalue weighted by atomic mass is 9.94. The molecule has 1 aliphatic heterocycles. The van der Waals surface area contributed by atoms with Gasteiger partial charge in [0.05, 0.1) is 7.11 Å². The molecule has 1 amide bonds. The molecule has 1 unspecified atom stereocenters. The Morgan fingerprint density at radius 1 is 1.31 bits per heavy atom. The van der Waals surface area contributed by atoms with Crippen LogP contribution in [0.4, 0.5) is 13.6 Å². The number of hydrogen-bond acceptors (Lipinski definition) is 4. The summed E-state index contributed by atoms with van der Waals surface area (Å²) in [5, 5.41) is 0. The second-order valence-electron chi connectivity index (χ2n) is 7.02. The van der Waals surface area contributed by atoms with Gasteiger partial charge in [-0.2, -0.15) is 0 Å². The van der Waals surface area contributed by atoms with Gasteiger partial charge >= 0.3 is 12.1 Å². The molecule has 0 aromatic heterocycles. The number of methoxy groups -OCH3 is 1. The van der Waals surface area contributed by atoms with E-state index in [2.05, 4.69) is 0 Å². The highest BCUT2D eigenvalue weighted by Gasteiger charge is 2.35. The average Bonchev–Trinajstić information content (AvgIpc) is 2.59. The predicted octanol–water partition coefficient (Wildman–Crippen LogP) is 3.86. The number of hydrogen-bond donors (Lipinski definition) is 0. The van der Waals surface area contributed by atoms with Crippen LogP contribution in [0.1, 0.15) is 38.3 Å². The number of nitrogens with zero attached hydrogens (tertiary/aromatic N) is 1. The smallest absolute Gasteiger partial charge is 0.411 e. The molecule has 0 spiro atoms. The van der Waals surface area contributed by atoms with Crippen molar-refractivity contribution in [2.24, 2.45) is 0 Å².